The normalized spacial score (nSPS) is 20.3. The SMILES string of the molecule is CNc1ccc(C(=O)N2CCCOC(C)C2)cn1. The maximum atomic E-state index is 12.3. The second-order valence-electron chi connectivity index (χ2n) is 4.47. The van der Waals surface area contributed by atoms with Crippen LogP contribution in [0.3, 0.4) is 0 Å². The number of hydrogen-bond donors (Lipinski definition) is 1. The third-order valence-electron chi connectivity index (χ3n) is 3.01. The Bertz CT molecular complexity index is 405. The number of carbonyl (C=O) groups is 1. The number of pyridine rings is 1. The zero-order valence-electron chi connectivity index (χ0n) is 10.8. The summed E-state index contributed by atoms with van der Waals surface area (Å²) in [6.45, 7) is 4.11. The summed E-state index contributed by atoms with van der Waals surface area (Å²) in [6, 6.07) is 3.61. The second-order valence-corrected chi connectivity index (χ2v) is 4.47. The Hall–Kier alpha value is -1.62. The molecule has 0 spiro atoms. The van der Waals surface area contributed by atoms with Gasteiger partial charge in [-0.15, -0.1) is 0 Å². The number of ether oxygens (including phenoxy) is 1. The molecule has 1 unspecified atom stereocenters. The number of anilines is 1. The Morgan fingerprint density at radius 3 is 3.06 bits per heavy atom. The van der Waals surface area contributed by atoms with Crippen molar-refractivity contribution < 1.29 is 9.53 Å². The first-order chi connectivity index (χ1) is 8.70. The van der Waals surface area contributed by atoms with Crippen molar-refractivity contribution in [2.24, 2.45) is 0 Å². The number of hydrogen-bond acceptors (Lipinski definition) is 4. The Kier molecular flexibility index (Phi) is 4.15. The first-order valence-electron chi connectivity index (χ1n) is 6.25. The van der Waals surface area contributed by atoms with E-state index < -0.39 is 0 Å². The van der Waals surface area contributed by atoms with E-state index in [4.69, 9.17) is 4.74 Å². The van der Waals surface area contributed by atoms with Crippen molar-refractivity contribution in [3.63, 3.8) is 0 Å². The van der Waals surface area contributed by atoms with Gasteiger partial charge in [0, 0.05) is 32.9 Å². The van der Waals surface area contributed by atoms with E-state index in [1.807, 2.05) is 17.9 Å². The van der Waals surface area contributed by atoms with Crippen molar-refractivity contribution in [1.82, 2.24) is 9.88 Å². The topological polar surface area (TPSA) is 54.5 Å². The number of amides is 1. The van der Waals surface area contributed by atoms with Crippen molar-refractivity contribution in [1.29, 1.82) is 0 Å². The minimum absolute atomic E-state index is 0.0301. The Labute approximate surface area is 107 Å². The van der Waals surface area contributed by atoms with Crippen molar-refractivity contribution in [2.75, 3.05) is 32.1 Å². The van der Waals surface area contributed by atoms with Gasteiger partial charge >= 0.3 is 0 Å². The molecule has 2 rings (SSSR count). The minimum atomic E-state index is 0.0301. The lowest BCUT2D eigenvalue weighted by molar-refractivity contribution is 0.0562. The standard InChI is InChI=1S/C13H19N3O2/c1-10-9-16(6-3-7-18-10)13(17)11-4-5-12(14-2)15-8-11/h4-5,8,10H,3,6-7,9H2,1-2H3,(H,14,15). The maximum absolute atomic E-state index is 12.3. The van der Waals surface area contributed by atoms with Crippen LogP contribution in [0.25, 0.3) is 0 Å². The van der Waals surface area contributed by atoms with Crippen LogP contribution in [-0.2, 0) is 4.74 Å². The molecule has 0 aliphatic carbocycles. The molecule has 2 heterocycles. The van der Waals surface area contributed by atoms with Crippen LogP contribution >= 0.6 is 0 Å². The smallest absolute Gasteiger partial charge is 0.255 e. The van der Waals surface area contributed by atoms with Crippen LogP contribution in [-0.4, -0.2) is 48.6 Å². The average molecular weight is 249 g/mol. The predicted octanol–water partition coefficient (Wildman–Crippen LogP) is 1.37. The highest BCUT2D eigenvalue weighted by Crippen LogP contribution is 2.11. The number of rotatable bonds is 2. The summed E-state index contributed by atoms with van der Waals surface area (Å²) in [5.41, 5.74) is 0.628. The lowest BCUT2D eigenvalue weighted by atomic mass is 10.2. The molecule has 5 nitrogen and oxygen atoms in total. The molecule has 0 bridgehead atoms. The van der Waals surface area contributed by atoms with Crippen LogP contribution in [0.15, 0.2) is 18.3 Å². The molecule has 1 aromatic rings. The van der Waals surface area contributed by atoms with Gasteiger partial charge in [-0.3, -0.25) is 4.79 Å². The fourth-order valence-electron chi connectivity index (χ4n) is 2.03. The average Bonchev–Trinajstić information content (AvgIpc) is 2.63. The summed E-state index contributed by atoms with van der Waals surface area (Å²) in [6.07, 6.45) is 2.60. The molecule has 1 saturated heterocycles. The van der Waals surface area contributed by atoms with Crippen LogP contribution in [0.1, 0.15) is 23.7 Å². The molecule has 0 saturated carbocycles. The van der Waals surface area contributed by atoms with E-state index in [9.17, 15) is 4.79 Å². The molecule has 98 valence electrons. The maximum Gasteiger partial charge on any atom is 0.255 e. The summed E-state index contributed by atoms with van der Waals surface area (Å²) in [4.78, 5) is 18.3. The highest BCUT2D eigenvalue weighted by atomic mass is 16.5. The minimum Gasteiger partial charge on any atom is -0.377 e. The monoisotopic (exact) mass is 249 g/mol. The van der Waals surface area contributed by atoms with E-state index >= 15 is 0 Å². The Morgan fingerprint density at radius 2 is 2.39 bits per heavy atom. The molecule has 0 aromatic carbocycles. The number of nitrogens with zero attached hydrogens (tertiary/aromatic N) is 2. The molecule has 5 heteroatoms. The second kappa shape index (κ2) is 5.82. The summed E-state index contributed by atoms with van der Waals surface area (Å²) in [5, 5.41) is 2.93. The van der Waals surface area contributed by atoms with Crippen molar-refractivity contribution >= 4 is 11.7 Å². The molecule has 1 aromatic heterocycles. The third kappa shape index (κ3) is 2.98. The van der Waals surface area contributed by atoms with Gasteiger partial charge in [-0.05, 0) is 25.5 Å². The van der Waals surface area contributed by atoms with Gasteiger partial charge in [-0.25, -0.2) is 4.98 Å². The van der Waals surface area contributed by atoms with Crippen LogP contribution in [0.2, 0.25) is 0 Å². The van der Waals surface area contributed by atoms with Crippen LogP contribution < -0.4 is 5.32 Å². The number of nitrogens with one attached hydrogen (secondary N) is 1. The largest absolute Gasteiger partial charge is 0.377 e. The van der Waals surface area contributed by atoms with Gasteiger partial charge in [0.05, 0.1) is 11.7 Å². The Morgan fingerprint density at radius 1 is 1.56 bits per heavy atom. The van der Waals surface area contributed by atoms with Gasteiger partial charge in [-0.1, -0.05) is 0 Å². The molecule has 1 aliphatic heterocycles. The van der Waals surface area contributed by atoms with E-state index in [1.54, 1.807) is 19.3 Å². The van der Waals surface area contributed by atoms with E-state index in [1.165, 1.54) is 0 Å². The summed E-state index contributed by atoms with van der Waals surface area (Å²) in [7, 11) is 1.80. The molecular weight excluding hydrogens is 230 g/mol. The molecule has 1 N–H and O–H groups in total. The van der Waals surface area contributed by atoms with Gasteiger partial charge in [0.15, 0.2) is 0 Å². The fraction of sp³-hybridized carbons (Fsp3) is 0.538. The van der Waals surface area contributed by atoms with Crippen LogP contribution in [0.4, 0.5) is 5.82 Å². The summed E-state index contributed by atoms with van der Waals surface area (Å²) in [5.74, 6) is 0.793. The van der Waals surface area contributed by atoms with E-state index in [0.29, 0.717) is 12.1 Å². The molecule has 1 aliphatic rings. The molecule has 18 heavy (non-hydrogen) atoms. The van der Waals surface area contributed by atoms with Gasteiger partial charge in [-0.2, -0.15) is 0 Å². The zero-order valence-corrected chi connectivity index (χ0v) is 10.8. The van der Waals surface area contributed by atoms with E-state index in [-0.39, 0.29) is 12.0 Å². The van der Waals surface area contributed by atoms with Crippen molar-refractivity contribution in [3.05, 3.63) is 23.9 Å². The lowest BCUT2D eigenvalue weighted by Crippen LogP contribution is -2.35. The van der Waals surface area contributed by atoms with Gasteiger partial charge in [0.1, 0.15) is 5.82 Å². The molecule has 1 atom stereocenters. The lowest BCUT2D eigenvalue weighted by Gasteiger charge is -2.22. The zero-order chi connectivity index (χ0) is 13.0. The quantitative estimate of drug-likeness (QED) is 0.860. The van der Waals surface area contributed by atoms with Crippen LogP contribution in [0.5, 0.6) is 0 Å². The molecule has 1 fully saturated rings. The molecule has 0 radical (unpaired) electrons. The van der Waals surface area contributed by atoms with E-state index in [0.717, 1.165) is 25.4 Å². The third-order valence-corrected chi connectivity index (χ3v) is 3.01. The number of carbonyl (C=O) groups excluding carboxylic acids is 1. The first-order valence-corrected chi connectivity index (χ1v) is 6.25. The molecular formula is C13H19N3O2. The van der Waals surface area contributed by atoms with Crippen LogP contribution in [0, 0.1) is 0 Å². The van der Waals surface area contributed by atoms with Gasteiger partial charge in [0.2, 0.25) is 0 Å². The molecule has 1 amide bonds. The highest BCUT2D eigenvalue weighted by Gasteiger charge is 2.21. The highest BCUT2D eigenvalue weighted by molar-refractivity contribution is 5.94. The first kappa shape index (κ1) is 12.8. The van der Waals surface area contributed by atoms with Gasteiger partial charge < -0.3 is 15.0 Å². The fourth-order valence-corrected chi connectivity index (χ4v) is 2.03. The Balaban J connectivity index is 2.08. The van der Waals surface area contributed by atoms with E-state index in [2.05, 4.69) is 10.3 Å². The summed E-state index contributed by atoms with van der Waals surface area (Å²) >= 11 is 0. The number of aromatic nitrogens is 1. The van der Waals surface area contributed by atoms with Crippen molar-refractivity contribution in [2.45, 2.75) is 19.4 Å². The van der Waals surface area contributed by atoms with Crippen molar-refractivity contribution in [3.8, 4) is 0 Å². The summed E-state index contributed by atoms with van der Waals surface area (Å²) < 4.78 is 5.54. The van der Waals surface area contributed by atoms with Gasteiger partial charge in [0.25, 0.3) is 5.91 Å². The predicted molar refractivity (Wildman–Crippen MR) is 69.7 cm³/mol.